The molecule has 0 aromatic heterocycles. The number of likely N-dealkylation sites (tertiary alicyclic amines) is 1. The lowest BCUT2D eigenvalue weighted by Crippen LogP contribution is -2.44. The van der Waals surface area contributed by atoms with E-state index < -0.39 is 0 Å². The molecule has 0 unspecified atom stereocenters. The van der Waals surface area contributed by atoms with E-state index in [9.17, 15) is 0 Å². The van der Waals surface area contributed by atoms with E-state index in [1.807, 2.05) is 0 Å². The summed E-state index contributed by atoms with van der Waals surface area (Å²) in [6.07, 6.45) is 8.67. The maximum absolute atomic E-state index is 3.50. The minimum Gasteiger partial charge on any atom is -0.317 e. The van der Waals surface area contributed by atoms with Crippen LogP contribution in [0.1, 0.15) is 52.4 Å². The number of hydrogen-bond donors (Lipinski definition) is 1. The highest BCUT2D eigenvalue weighted by Crippen LogP contribution is 2.29. The zero-order valence-electron chi connectivity index (χ0n) is 11.8. The lowest BCUT2D eigenvalue weighted by atomic mass is 9.85. The van der Waals surface area contributed by atoms with Gasteiger partial charge in [0.25, 0.3) is 0 Å². The van der Waals surface area contributed by atoms with Gasteiger partial charge in [-0.15, -0.1) is 0 Å². The van der Waals surface area contributed by atoms with E-state index >= 15 is 0 Å². The summed E-state index contributed by atoms with van der Waals surface area (Å²) in [6.45, 7) is 9.70. The molecule has 100 valence electrons. The fourth-order valence-electron chi connectivity index (χ4n) is 3.48. The molecule has 0 aromatic rings. The molecule has 1 saturated carbocycles. The van der Waals surface area contributed by atoms with Crippen molar-refractivity contribution in [2.75, 3.05) is 26.2 Å². The smallest absolute Gasteiger partial charge is 0.00954 e. The number of nitrogens with one attached hydrogen (secondary N) is 1. The quantitative estimate of drug-likeness (QED) is 0.810. The maximum atomic E-state index is 3.50. The minimum atomic E-state index is 0.922. The largest absolute Gasteiger partial charge is 0.317 e. The van der Waals surface area contributed by atoms with Crippen molar-refractivity contribution in [2.24, 2.45) is 11.8 Å². The molecule has 0 bridgehead atoms. The molecular weight excluding hydrogens is 208 g/mol. The average molecular weight is 238 g/mol. The molecular formula is C15H30N2. The Balaban J connectivity index is 1.68. The molecule has 0 amide bonds. The third-order valence-corrected chi connectivity index (χ3v) is 4.83. The van der Waals surface area contributed by atoms with E-state index in [-0.39, 0.29) is 0 Å². The van der Waals surface area contributed by atoms with Crippen LogP contribution in [0.15, 0.2) is 0 Å². The van der Waals surface area contributed by atoms with Gasteiger partial charge in [-0.1, -0.05) is 13.8 Å². The van der Waals surface area contributed by atoms with Crippen LogP contribution in [0.25, 0.3) is 0 Å². The van der Waals surface area contributed by atoms with Crippen LogP contribution in [0, 0.1) is 11.8 Å². The van der Waals surface area contributed by atoms with Gasteiger partial charge in [-0.2, -0.15) is 0 Å². The first-order valence-electron chi connectivity index (χ1n) is 7.74. The van der Waals surface area contributed by atoms with Crippen LogP contribution in [-0.2, 0) is 0 Å². The second-order valence-corrected chi connectivity index (χ2v) is 6.20. The summed E-state index contributed by atoms with van der Waals surface area (Å²) in [5.41, 5.74) is 0. The highest BCUT2D eigenvalue weighted by molar-refractivity contribution is 4.82. The molecule has 1 aliphatic heterocycles. The minimum absolute atomic E-state index is 0.922. The zero-order valence-corrected chi connectivity index (χ0v) is 11.8. The fourth-order valence-corrected chi connectivity index (χ4v) is 3.48. The monoisotopic (exact) mass is 238 g/mol. The number of nitrogens with zero attached hydrogens (tertiary/aromatic N) is 1. The van der Waals surface area contributed by atoms with Crippen LogP contribution in [0.2, 0.25) is 0 Å². The zero-order chi connectivity index (χ0) is 12.1. The lowest BCUT2D eigenvalue weighted by Gasteiger charge is -2.40. The SMILES string of the molecule is CCNCC1CCN(C2CCC(C)CC2)CC1. The van der Waals surface area contributed by atoms with Crippen molar-refractivity contribution in [2.45, 2.75) is 58.4 Å². The Morgan fingerprint density at radius 2 is 1.65 bits per heavy atom. The summed E-state index contributed by atoms with van der Waals surface area (Å²) in [7, 11) is 0. The molecule has 1 N–H and O–H groups in total. The van der Waals surface area contributed by atoms with Gasteiger partial charge in [-0.25, -0.2) is 0 Å². The summed E-state index contributed by atoms with van der Waals surface area (Å²) in [5.74, 6) is 1.92. The second kappa shape index (κ2) is 6.75. The first-order chi connectivity index (χ1) is 8.29. The molecule has 2 aliphatic rings. The molecule has 17 heavy (non-hydrogen) atoms. The Kier molecular flexibility index (Phi) is 5.30. The van der Waals surface area contributed by atoms with Crippen molar-refractivity contribution in [1.29, 1.82) is 0 Å². The summed E-state index contributed by atoms with van der Waals surface area (Å²) in [6, 6.07) is 0.922. The van der Waals surface area contributed by atoms with Crippen molar-refractivity contribution >= 4 is 0 Å². The van der Waals surface area contributed by atoms with E-state index in [1.165, 1.54) is 58.2 Å². The van der Waals surface area contributed by atoms with Gasteiger partial charge in [0.05, 0.1) is 0 Å². The molecule has 0 atom stereocenters. The van der Waals surface area contributed by atoms with E-state index in [0.717, 1.165) is 24.4 Å². The molecule has 2 fully saturated rings. The molecule has 0 spiro atoms. The maximum Gasteiger partial charge on any atom is 0.00954 e. The van der Waals surface area contributed by atoms with Gasteiger partial charge >= 0.3 is 0 Å². The molecule has 2 rings (SSSR count). The molecule has 2 heteroatoms. The average Bonchev–Trinajstić information content (AvgIpc) is 2.38. The van der Waals surface area contributed by atoms with Crippen LogP contribution in [0.5, 0.6) is 0 Å². The number of hydrogen-bond acceptors (Lipinski definition) is 2. The Morgan fingerprint density at radius 3 is 2.24 bits per heavy atom. The first-order valence-corrected chi connectivity index (χ1v) is 7.74. The lowest BCUT2D eigenvalue weighted by molar-refractivity contribution is 0.0965. The van der Waals surface area contributed by atoms with Crippen molar-refractivity contribution < 1.29 is 0 Å². The summed E-state index contributed by atoms with van der Waals surface area (Å²) in [4.78, 5) is 2.79. The third kappa shape index (κ3) is 3.96. The number of rotatable bonds is 4. The fraction of sp³-hybridized carbons (Fsp3) is 1.00. The summed E-state index contributed by atoms with van der Waals surface area (Å²) < 4.78 is 0. The Morgan fingerprint density at radius 1 is 1.00 bits per heavy atom. The van der Waals surface area contributed by atoms with Crippen molar-refractivity contribution in [3.8, 4) is 0 Å². The topological polar surface area (TPSA) is 15.3 Å². The van der Waals surface area contributed by atoms with E-state index in [4.69, 9.17) is 0 Å². The standard InChI is InChI=1S/C15H30N2/c1-3-16-12-14-8-10-17(11-9-14)15-6-4-13(2)5-7-15/h13-16H,3-12H2,1-2H3. The van der Waals surface area contributed by atoms with Crippen LogP contribution >= 0.6 is 0 Å². The molecule has 0 radical (unpaired) electrons. The van der Waals surface area contributed by atoms with Gasteiger partial charge in [0.1, 0.15) is 0 Å². The summed E-state index contributed by atoms with van der Waals surface area (Å²) in [5, 5.41) is 3.50. The Hall–Kier alpha value is -0.0800. The van der Waals surface area contributed by atoms with E-state index in [1.54, 1.807) is 0 Å². The van der Waals surface area contributed by atoms with E-state index in [2.05, 4.69) is 24.1 Å². The normalized spacial score (nSPS) is 32.8. The predicted molar refractivity (Wildman–Crippen MR) is 74.3 cm³/mol. The third-order valence-electron chi connectivity index (χ3n) is 4.83. The predicted octanol–water partition coefficient (Wildman–Crippen LogP) is 2.89. The van der Waals surface area contributed by atoms with Gasteiger partial charge in [-0.05, 0) is 76.5 Å². The Labute approximate surface area is 107 Å². The van der Waals surface area contributed by atoms with Gasteiger partial charge in [0.15, 0.2) is 0 Å². The van der Waals surface area contributed by atoms with Gasteiger partial charge in [0, 0.05) is 6.04 Å². The van der Waals surface area contributed by atoms with Crippen LogP contribution in [0.3, 0.4) is 0 Å². The van der Waals surface area contributed by atoms with Crippen LogP contribution < -0.4 is 5.32 Å². The van der Waals surface area contributed by atoms with Gasteiger partial charge < -0.3 is 10.2 Å². The molecule has 2 nitrogen and oxygen atoms in total. The van der Waals surface area contributed by atoms with Crippen molar-refractivity contribution in [3.63, 3.8) is 0 Å². The molecule has 0 aromatic carbocycles. The van der Waals surface area contributed by atoms with E-state index in [0.29, 0.717) is 0 Å². The van der Waals surface area contributed by atoms with Crippen molar-refractivity contribution in [1.82, 2.24) is 10.2 Å². The molecule has 1 saturated heterocycles. The Bertz CT molecular complexity index is 201. The highest BCUT2D eigenvalue weighted by Gasteiger charge is 2.27. The second-order valence-electron chi connectivity index (χ2n) is 6.20. The number of piperidine rings is 1. The molecule has 1 heterocycles. The molecule has 1 aliphatic carbocycles. The van der Waals surface area contributed by atoms with Gasteiger partial charge in [-0.3, -0.25) is 0 Å². The summed E-state index contributed by atoms with van der Waals surface area (Å²) >= 11 is 0. The van der Waals surface area contributed by atoms with Crippen molar-refractivity contribution in [3.05, 3.63) is 0 Å². The van der Waals surface area contributed by atoms with Crippen LogP contribution in [0.4, 0.5) is 0 Å². The van der Waals surface area contributed by atoms with Gasteiger partial charge in [0.2, 0.25) is 0 Å². The highest BCUT2D eigenvalue weighted by atomic mass is 15.2. The van der Waals surface area contributed by atoms with Crippen LogP contribution in [-0.4, -0.2) is 37.1 Å². The first kappa shape index (κ1) is 13.4.